The Labute approximate surface area is 144 Å². The van der Waals surface area contributed by atoms with Gasteiger partial charge in [0, 0.05) is 25.1 Å². The largest absolute Gasteiger partial charge is 0.354 e. The van der Waals surface area contributed by atoms with E-state index < -0.39 is 0 Å². The molecule has 4 heterocycles. The van der Waals surface area contributed by atoms with Crippen LogP contribution in [0.1, 0.15) is 23.5 Å². The first-order valence-corrected chi connectivity index (χ1v) is 8.71. The quantitative estimate of drug-likeness (QED) is 0.697. The molecule has 0 amide bonds. The number of hydrogen-bond acceptors (Lipinski definition) is 6. The maximum Gasteiger partial charge on any atom is 0.267 e. The number of anilines is 1. The van der Waals surface area contributed by atoms with E-state index in [1.54, 1.807) is 15.3 Å². The van der Waals surface area contributed by atoms with E-state index in [4.69, 9.17) is 0 Å². The summed E-state index contributed by atoms with van der Waals surface area (Å²) in [6.07, 6.45) is 3.10. The SMILES string of the molecule is Cc1nnc2ccc(N3CC(Cn4nc5c(cc4=O)CCC5)C3)nn12. The van der Waals surface area contributed by atoms with Crippen molar-refractivity contribution in [1.29, 1.82) is 0 Å². The minimum absolute atomic E-state index is 0.0266. The summed E-state index contributed by atoms with van der Waals surface area (Å²) in [5.41, 5.74) is 3.02. The van der Waals surface area contributed by atoms with Gasteiger partial charge in [0.15, 0.2) is 11.5 Å². The summed E-state index contributed by atoms with van der Waals surface area (Å²) in [6, 6.07) is 5.68. The molecule has 5 rings (SSSR count). The Balaban J connectivity index is 1.30. The smallest absolute Gasteiger partial charge is 0.267 e. The van der Waals surface area contributed by atoms with E-state index in [2.05, 4.69) is 25.3 Å². The van der Waals surface area contributed by atoms with Crippen LogP contribution in [0.4, 0.5) is 5.82 Å². The Kier molecular flexibility index (Phi) is 3.13. The molecule has 0 bridgehead atoms. The first kappa shape index (κ1) is 14.6. The lowest BCUT2D eigenvalue weighted by Gasteiger charge is -2.40. The second-order valence-electron chi connectivity index (χ2n) is 6.97. The molecule has 3 aromatic heterocycles. The van der Waals surface area contributed by atoms with E-state index in [0.717, 1.165) is 60.9 Å². The van der Waals surface area contributed by atoms with Crippen LogP contribution in [0.15, 0.2) is 23.0 Å². The second-order valence-corrected chi connectivity index (χ2v) is 6.97. The molecule has 0 aromatic carbocycles. The minimum atomic E-state index is 0.0266. The third-order valence-corrected chi connectivity index (χ3v) is 5.14. The van der Waals surface area contributed by atoms with Gasteiger partial charge in [-0.1, -0.05) is 0 Å². The zero-order chi connectivity index (χ0) is 17.0. The zero-order valence-corrected chi connectivity index (χ0v) is 14.1. The molecule has 0 unspecified atom stereocenters. The van der Waals surface area contributed by atoms with Gasteiger partial charge in [-0.15, -0.1) is 15.3 Å². The van der Waals surface area contributed by atoms with Gasteiger partial charge in [-0.2, -0.15) is 9.61 Å². The van der Waals surface area contributed by atoms with Gasteiger partial charge in [0.1, 0.15) is 5.82 Å². The van der Waals surface area contributed by atoms with Crippen LogP contribution in [0.25, 0.3) is 5.65 Å². The molecule has 0 saturated carbocycles. The summed E-state index contributed by atoms with van der Waals surface area (Å²) in [6.45, 7) is 4.33. The van der Waals surface area contributed by atoms with Crippen molar-refractivity contribution in [3.8, 4) is 0 Å². The van der Waals surface area contributed by atoms with Crippen molar-refractivity contribution >= 4 is 11.5 Å². The predicted octanol–water partition coefficient (Wildman–Crippen LogP) is 0.615. The molecule has 8 nitrogen and oxygen atoms in total. The third-order valence-electron chi connectivity index (χ3n) is 5.14. The molecule has 3 aromatic rings. The van der Waals surface area contributed by atoms with Crippen molar-refractivity contribution in [3.63, 3.8) is 0 Å². The number of rotatable bonds is 3. The molecule has 25 heavy (non-hydrogen) atoms. The van der Waals surface area contributed by atoms with Gasteiger partial charge >= 0.3 is 0 Å². The summed E-state index contributed by atoms with van der Waals surface area (Å²) in [5, 5.41) is 17.3. The number of hydrogen-bond donors (Lipinski definition) is 0. The van der Waals surface area contributed by atoms with E-state index in [0.29, 0.717) is 12.5 Å². The second kappa shape index (κ2) is 5.37. The van der Waals surface area contributed by atoms with Crippen LogP contribution in [0.3, 0.4) is 0 Å². The fraction of sp³-hybridized carbons (Fsp3) is 0.471. The van der Waals surface area contributed by atoms with Crippen LogP contribution < -0.4 is 10.5 Å². The average molecular weight is 337 g/mol. The highest BCUT2D eigenvalue weighted by molar-refractivity contribution is 5.47. The number of aromatic nitrogens is 6. The highest BCUT2D eigenvalue weighted by Crippen LogP contribution is 2.24. The van der Waals surface area contributed by atoms with E-state index in [1.165, 1.54) is 0 Å². The van der Waals surface area contributed by atoms with Crippen molar-refractivity contribution < 1.29 is 0 Å². The number of fused-ring (bicyclic) bond motifs is 2. The Morgan fingerprint density at radius 2 is 2.04 bits per heavy atom. The van der Waals surface area contributed by atoms with Gasteiger partial charge in [-0.3, -0.25) is 4.79 Å². The molecule has 1 saturated heterocycles. The summed E-state index contributed by atoms with van der Waals surface area (Å²) in [7, 11) is 0. The molecule has 2 aliphatic rings. The number of aryl methyl sites for hydroxylation is 3. The molecule has 1 aliphatic heterocycles. The Morgan fingerprint density at radius 1 is 1.16 bits per heavy atom. The van der Waals surface area contributed by atoms with Gasteiger partial charge in [-0.05, 0) is 43.9 Å². The highest BCUT2D eigenvalue weighted by atomic mass is 16.1. The van der Waals surface area contributed by atoms with Gasteiger partial charge in [0.25, 0.3) is 5.56 Å². The lowest BCUT2D eigenvalue weighted by molar-refractivity contribution is 0.330. The predicted molar refractivity (Wildman–Crippen MR) is 91.7 cm³/mol. The van der Waals surface area contributed by atoms with E-state index in [9.17, 15) is 4.79 Å². The van der Waals surface area contributed by atoms with Crippen LogP contribution in [0, 0.1) is 12.8 Å². The molecule has 0 spiro atoms. The fourth-order valence-electron chi connectivity index (χ4n) is 3.74. The van der Waals surface area contributed by atoms with Gasteiger partial charge in [-0.25, -0.2) is 4.68 Å². The molecule has 0 N–H and O–H groups in total. The maximum absolute atomic E-state index is 12.2. The maximum atomic E-state index is 12.2. The molecule has 0 radical (unpaired) electrons. The summed E-state index contributed by atoms with van der Waals surface area (Å²) < 4.78 is 3.40. The molecule has 1 fully saturated rings. The van der Waals surface area contributed by atoms with Gasteiger partial charge in [0.2, 0.25) is 0 Å². The monoisotopic (exact) mass is 337 g/mol. The van der Waals surface area contributed by atoms with Crippen LogP contribution in [0.5, 0.6) is 0 Å². The van der Waals surface area contributed by atoms with Crippen molar-refractivity contribution in [2.45, 2.75) is 32.7 Å². The van der Waals surface area contributed by atoms with Crippen LogP contribution in [-0.4, -0.2) is 42.7 Å². The van der Waals surface area contributed by atoms with E-state index in [1.807, 2.05) is 19.1 Å². The van der Waals surface area contributed by atoms with Crippen LogP contribution in [0.2, 0.25) is 0 Å². The first-order chi connectivity index (χ1) is 12.2. The fourth-order valence-corrected chi connectivity index (χ4v) is 3.74. The molecular formula is C17H19N7O. The van der Waals surface area contributed by atoms with E-state index in [-0.39, 0.29) is 5.56 Å². The van der Waals surface area contributed by atoms with Crippen molar-refractivity contribution in [2.24, 2.45) is 5.92 Å². The first-order valence-electron chi connectivity index (χ1n) is 8.71. The zero-order valence-electron chi connectivity index (χ0n) is 14.1. The topological polar surface area (TPSA) is 81.2 Å². The highest BCUT2D eigenvalue weighted by Gasteiger charge is 2.29. The minimum Gasteiger partial charge on any atom is -0.354 e. The third kappa shape index (κ3) is 2.40. The van der Waals surface area contributed by atoms with Gasteiger partial charge < -0.3 is 4.90 Å². The average Bonchev–Trinajstić information content (AvgIpc) is 3.17. The Hall–Kier alpha value is -2.77. The van der Waals surface area contributed by atoms with Crippen molar-refractivity contribution in [3.05, 3.63) is 45.6 Å². The normalized spacial score (nSPS) is 17.1. The number of nitrogens with zero attached hydrogens (tertiary/aromatic N) is 7. The summed E-state index contributed by atoms with van der Waals surface area (Å²) in [5.74, 6) is 2.12. The molecule has 128 valence electrons. The van der Waals surface area contributed by atoms with Crippen molar-refractivity contribution in [2.75, 3.05) is 18.0 Å². The lowest BCUT2D eigenvalue weighted by Crippen LogP contribution is -2.50. The van der Waals surface area contributed by atoms with Crippen molar-refractivity contribution in [1.82, 2.24) is 29.6 Å². The lowest BCUT2D eigenvalue weighted by atomic mass is 10.0. The molecule has 1 aliphatic carbocycles. The van der Waals surface area contributed by atoms with Crippen LogP contribution in [-0.2, 0) is 19.4 Å². The van der Waals surface area contributed by atoms with Crippen LogP contribution >= 0.6 is 0 Å². The van der Waals surface area contributed by atoms with E-state index >= 15 is 0 Å². The molecular weight excluding hydrogens is 318 g/mol. The Bertz CT molecular complexity index is 1020. The summed E-state index contributed by atoms with van der Waals surface area (Å²) in [4.78, 5) is 14.4. The standard InChI is InChI=1S/C17H19N7O/c1-11-18-19-15-5-6-16(21-24(11)15)22-8-12(9-22)10-23-17(25)7-13-3-2-4-14(13)20-23/h5-7,12H,2-4,8-10H2,1H3. The Morgan fingerprint density at radius 3 is 2.92 bits per heavy atom. The molecule has 8 heteroatoms. The molecule has 0 atom stereocenters. The van der Waals surface area contributed by atoms with Gasteiger partial charge in [0.05, 0.1) is 12.2 Å². The summed E-state index contributed by atoms with van der Waals surface area (Å²) >= 11 is 0.